The molecule has 0 aromatic carbocycles. The lowest BCUT2D eigenvalue weighted by atomic mass is 10.0. The molecular weight excluding hydrogens is 803 g/mol. The lowest BCUT2D eigenvalue weighted by molar-refractivity contribution is -0.143. The normalized spacial score (nSPS) is 13.0. The highest BCUT2D eigenvalue weighted by atomic mass is 16.5. The highest BCUT2D eigenvalue weighted by Crippen LogP contribution is 2.17. The van der Waals surface area contributed by atoms with Gasteiger partial charge in [-0.05, 0) is 70.6 Å². The summed E-state index contributed by atoms with van der Waals surface area (Å²) in [6.45, 7) is 4.79. The van der Waals surface area contributed by atoms with Gasteiger partial charge < -0.3 is 20.3 Å². The predicted molar refractivity (Wildman–Crippen MR) is 282 cm³/mol. The molecule has 0 rings (SSSR count). The van der Waals surface area contributed by atoms with Gasteiger partial charge in [-0.3, -0.25) is 9.59 Å². The van der Waals surface area contributed by atoms with E-state index in [1.54, 1.807) is 0 Å². The van der Waals surface area contributed by atoms with Crippen LogP contribution in [0.4, 0.5) is 0 Å². The number of hydrogen-bond donors (Lipinski definition) is 3. The van der Waals surface area contributed by atoms with E-state index in [0.717, 1.165) is 64.2 Å². The Labute approximate surface area is 404 Å². The topological polar surface area (TPSA) is 95.9 Å². The molecule has 0 bridgehead atoms. The van der Waals surface area contributed by atoms with Gasteiger partial charge in [0.1, 0.15) is 0 Å². The highest BCUT2D eigenvalue weighted by molar-refractivity contribution is 5.76. The minimum atomic E-state index is -0.668. The van der Waals surface area contributed by atoms with E-state index in [4.69, 9.17) is 4.74 Å². The summed E-state index contributed by atoms with van der Waals surface area (Å²) in [5.41, 5.74) is 0. The number of hydrogen-bond acceptors (Lipinski definition) is 5. The van der Waals surface area contributed by atoms with Crippen LogP contribution in [0.2, 0.25) is 0 Å². The fraction of sp³-hybridized carbons (Fsp3) is 0.831. The number of rotatable bonds is 52. The zero-order chi connectivity index (χ0) is 47.2. The van der Waals surface area contributed by atoms with Gasteiger partial charge in [0.25, 0.3) is 0 Å². The molecule has 0 heterocycles. The average Bonchev–Trinajstić information content (AvgIpc) is 3.31. The first-order chi connectivity index (χ1) is 32.0. The molecule has 0 saturated heterocycles. The van der Waals surface area contributed by atoms with Crippen molar-refractivity contribution in [1.29, 1.82) is 0 Å². The summed E-state index contributed by atoms with van der Waals surface area (Å²) in [4.78, 5) is 24.4. The average molecular weight is 913 g/mol. The van der Waals surface area contributed by atoms with Crippen LogP contribution in [0.1, 0.15) is 290 Å². The number of allylic oxidation sites excluding steroid dienone is 7. The molecule has 0 aliphatic carbocycles. The van der Waals surface area contributed by atoms with Crippen LogP contribution < -0.4 is 5.32 Å². The quantitative estimate of drug-likeness (QED) is 0.0321. The monoisotopic (exact) mass is 912 g/mol. The van der Waals surface area contributed by atoms with Crippen molar-refractivity contribution < 1.29 is 24.5 Å². The second-order valence-electron chi connectivity index (χ2n) is 19.3. The summed E-state index contributed by atoms with van der Waals surface area (Å²) in [7, 11) is 0. The minimum Gasteiger partial charge on any atom is -0.465 e. The van der Waals surface area contributed by atoms with Gasteiger partial charge >= 0.3 is 5.97 Å². The first kappa shape index (κ1) is 62.8. The Kier molecular flexibility index (Phi) is 52.6. The second kappa shape index (κ2) is 54.4. The fourth-order valence-corrected chi connectivity index (χ4v) is 8.49. The van der Waals surface area contributed by atoms with Gasteiger partial charge in [-0.1, -0.05) is 255 Å². The van der Waals surface area contributed by atoms with Crippen molar-refractivity contribution in [3.05, 3.63) is 48.6 Å². The smallest absolute Gasteiger partial charge is 0.305 e. The molecule has 0 saturated carbocycles. The number of ether oxygens (including phenoxy) is 1. The van der Waals surface area contributed by atoms with Crippen molar-refractivity contribution in [2.75, 3.05) is 13.2 Å². The number of aliphatic hydroxyl groups is 2. The van der Waals surface area contributed by atoms with Gasteiger partial charge in [0.15, 0.2) is 0 Å². The van der Waals surface area contributed by atoms with E-state index < -0.39 is 12.1 Å². The van der Waals surface area contributed by atoms with E-state index in [2.05, 4.69) is 67.8 Å². The van der Waals surface area contributed by atoms with Crippen LogP contribution in [0.25, 0.3) is 0 Å². The van der Waals surface area contributed by atoms with Crippen LogP contribution in [-0.4, -0.2) is 47.4 Å². The third kappa shape index (κ3) is 51.1. The molecule has 0 fully saturated rings. The van der Waals surface area contributed by atoms with E-state index in [0.29, 0.717) is 25.9 Å². The van der Waals surface area contributed by atoms with Crippen molar-refractivity contribution in [1.82, 2.24) is 5.32 Å². The molecule has 6 heteroatoms. The van der Waals surface area contributed by atoms with Crippen LogP contribution >= 0.6 is 0 Å². The van der Waals surface area contributed by atoms with Crippen molar-refractivity contribution in [3.8, 4) is 0 Å². The van der Waals surface area contributed by atoms with Gasteiger partial charge in [-0.15, -0.1) is 0 Å². The SMILES string of the molecule is CCCC/C=C\C/C=C\CCCCCCCC(=O)OCC/C=C\C/C=C\CCCCCCCCCCCCCCCCC(=O)NC(CO)C(O)CCCCCCCCCCCCCCC. The summed E-state index contributed by atoms with van der Waals surface area (Å²) >= 11 is 0. The maximum absolute atomic E-state index is 12.5. The first-order valence-corrected chi connectivity index (χ1v) is 28.4. The Morgan fingerprint density at radius 2 is 0.785 bits per heavy atom. The molecule has 2 atom stereocenters. The van der Waals surface area contributed by atoms with Crippen LogP contribution in [0.5, 0.6) is 0 Å². The summed E-state index contributed by atoms with van der Waals surface area (Å²) in [6, 6.07) is -0.545. The Bertz CT molecular complexity index is 1100. The van der Waals surface area contributed by atoms with Crippen molar-refractivity contribution in [2.45, 2.75) is 302 Å². The van der Waals surface area contributed by atoms with E-state index in [-0.39, 0.29) is 18.5 Å². The third-order valence-electron chi connectivity index (χ3n) is 12.9. The lowest BCUT2D eigenvalue weighted by Gasteiger charge is -2.22. The van der Waals surface area contributed by atoms with Crippen LogP contribution in [0, 0.1) is 0 Å². The maximum Gasteiger partial charge on any atom is 0.305 e. The number of nitrogens with one attached hydrogen (secondary N) is 1. The van der Waals surface area contributed by atoms with Crippen molar-refractivity contribution in [3.63, 3.8) is 0 Å². The largest absolute Gasteiger partial charge is 0.465 e. The molecule has 0 spiro atoms. The van der Waals surface area contributed by atoms with E-state index in [9.17, 15) is 19.8 Å². The van der Waals surface area contributed by atoms with Crippen LogP contribution in [0.15, 0.2) is 48.6 Å². The number of aliphatic hydroxyl groups excluding tert-OH is 2. The second-order valence-corrected chi connectivity index (χ2v) is 19.3. The fourth-order valence-electron chi connectivity index (χ4n) is 8.49. The molecule has 380 valence electrons. The number of unbranched alkanes of at least 4 members (excludes halogenated alkanes) is 33. The molecule has 2 unspecified atom stereocenters. The van der Waals surface area contributed by atoms with Gasteiger partial charge in [-0.2, -0.15) is 0 Å². The first-order valence-electron chi connectivity index (χ1n) is 28.4. The number of amides is 1. The van der Waals surface area contributed by atoms with Crippen LogP contribution in [0.3, 0.4) is 0 Å². The van der Waals surface area contributed by atoms with Gasteiger partial charge in [0.2, 0.25) is 5.91 Å². The standard InChI is InChI=1S/C59H109NO5/c1-3-5-7-9-11-13-15-17-29-33-37-41-45-49-53-59(64)65-54-50-46-42-38-34-30-26-24-22-20-18-19-21-23-25-28-32-36-40-44-48-52-58(63)60-56(55-61)57(62)51-47-43-39-35-31-27-16-14-12-10-8-6-4-2/h9,11,15,17,30,34,42,46,56-57,61-62H,3-8,10,12-14,16,18-29,31-33,35-41,43-45,47-55H2,1-2H3,(H,60,63)/b11-9-,17-15-,34-30-,46-42-. The Morgan fingerprint density at radius 3 is 1.22 bits per heavy atom. The molecular formula is C59H109NO5. The highest BCUT2D eigenvalue weighted by Gasteiger charge is 2.20. The predicted octanol–water partition coefficient (Wildman–Crippen LogP) is 17.4. The number of carbonyl (C=O) groups is 2. The molecule has 0 radical (unpaired) electrons. The summed E-state index contributed by atoms with van der Waals surface area (Å²) in [6.07, 6.45) is 68.3. The zero-order valence-electron chi connectivity index (χ0n) is 43.2. The Hall–Kier alpha value is -2.18. The summed E-state index contributed by atoms with van der Waals surface area (Å²) in [5.74, 6) is -0.0909. The Morgan fingerprint density at radius 1 is 0.431 bits per heavy atom. The van der Waals surface area contributed by atoms with Crippen LogP contribution in [-0.2, 0) is 14.3 Å². The third-order valence-corrected chi connectivity index (χ3v) is 12.9. The lowest BCUT2D eigenvalue weighted by Crippen LogP contribution is -2.45. The van der Waals surface area contributed by atoms with E-state index in [1.165, 1.54) is 193 Å². The molecule has 0 aliphatic rings. The summed E-state index contributed by atoms with van der Waals surface area (Å²) in [5, 5.41) is 23.2. The van der Waals surface area contributed by atoms with E-state index >= 15 is 0 Å². The molecule has 0 aliphatic heterocycles. The molecule has 65 heavy (non-hydrogen) atoms. The number of esters is 1. The van der Waals surface area contributed by atoms with Crippen molar-refractivity contribution in [2.24, 2.45) is 0 Å². The molecule has 1 amide bonds. The Balaban J connectivity index is 3.46. The molecule has 3 N–H and O–H groups in total. The van der Waals surface area contributed by atoms with E-state index in [1.807, 2.05) is 0 Å². The van der Waals surface area contributed by atoms with Gasteiger partial charge in [0, 0.05) is 12.8 Å². The molecule has 0 aromatic rings. The number of carbonyl (C=O) groups excluding carboxylic acids is 2. The van der Waals surface area contributed by atoms with Gasteiger partial charge in [-0.25, -0.2) is 0 Å². The molecule has 6 nitrogen and oxygen atoms in total. The van der Waals surface area contributed by atoms with Crippen molar-refractivity contribution >= 4 is 11.9 Å². The zero-order valence-corrected chi connectivity index (χ0v) is 43.2. The van der Waals surface area contributed by atoms with Gasteiger partial charge in [0.05, 0.1) is 25.4 Å². The summed E-state index contributed by atoms with van der Waals surface area (Å²) < 4.78 is 5.40. The minimum absolute atomic E-state index is 0.0405. The maximum atomic E-state index is 12.5. The molecule has 0 aromatic heterocycles.